The quantitative estimate of drug-likeness (QED) is 0.647. The van der Waals surface area contributed by atoms with Crippen LogP contribution in [0.5, 0.6) is 5.75 Å². The van der Waals surface area contributed by atoms with Gasteiger partial charge in [-0.15, -0.1) is 0 Å². The van der Waals surface area contributed by atoms with E-state index in [4.69, 9.17) is 15.2 Å². The predicted molar refractivity (Wildman–Crippen MR) is 66.8 cm³/mol. The number of benzene rings is 1. The van der Waals surface area contributed by atoms with Crippen LogP contribution in [-0.4, -0.2) is 17.7 Å². The van der Waals surface area contributed by atoms with E-state index in [0.717, 1.165) is 0 Å². The van der Waals surface area contributed by atoms with Gasteiger partial charge in [0.25, 0.3) is 0 Å². The van der Waals surface area contributed by atoms with Crippen molar-refractivity contribution in [3.05, 3.63) is 24.3 Å². The van der Waals surface area contributed by atoms with Crippen molar-refractivity contribution >= 4 is 11.7 Å². The summed E-state index contributed by atoms with van der Waals surface area (Å²) in [5.74, 6) is 0.170. The number of hydrogen-bond acceptors (Lipinski definition) is 4. The Balaban J connectivity index is 2.60. The molecule has 94 valence electrons. The molecule has 0 aliphatic carbocycles. The Morgan fingerprint density at radius 1 is 1.35 bits per heavy atom. The van der Waals surface area contributed by atoms with Gasteiger partial charge in [-0.2, -0.15) is 0 Å². The molecule has 0 aromatic heterocycles. The van der Waals surface area contributed by atoms with Gasteiger partial charge in [0.15, 0.2) is 6.10 Å². The molecule has 0 aliphatic rings. The smallest absolute Gasteiger partial charge is 0.347 e. The molecule has 0 amide bonds. The van der Waals surface area contributed by atoms with Crippen LogP contribution in [0.25, 0.3) is 0 Å². The van der Waals surface area contributed by atoms with Crippen molar-refractivity contribution in [2.45, 2.75) is 39.4 Å². The zero-order valence-corrected chi connectivity index (χ0v) is 10.7. The summed E-state index contributed by atoms with van der Waals surface area (Å²) < 4.78 is 10.7. The molecule has 4 heteroatoms. The molecule has 0 radical (unpaired) electrons. The van der Waals surface area contributed by atoms with Crippen molar-refractivity contribution in [3.63, 3.8) is 0 Å². The lowest BCUT2D eigenvalue weighted by Gasteiger charge is -2.22. The SMILES string of the molecule is CC(Oc1cccc(N)c1)C(=O)OC(C)(C)C. The van der Waals surface area contributed by atoms with Crippen LogP contribution in [-0.2, 0) is 9.53 Å². The van der Waals surface area contributed by atoms with Gasteiger partial charge in [-0.3, -0.25) is 0 Å². The minimum Gasteiger partial charge on any atom is -0.479 e. The highest BCUT2D eigenvalue weighted by Crippen LogP contribution is 2.17. The van der Waals surface area contributed by atoms with Crippen molar-refractivity contribution in [2.75, 3.05) is 5.73 Å². The summed E-state index contributed by atoms with van der Waals surface area (Å²) in [7, 11) is 0. The Bertz CT molecular complexity index is 396. The Labute approximate surface area is 102 Å². The zero-order chi connectivity index (χ0) is 13.1. The number of ether oxygens (including phenoxy) is 2. The first-order valence-corrected chi connectivity index (χ1v) is 5.53. The summed E-state index contributed by atoms with van der Waals surface area (Å²) in [6, 6.07) is 6.94. The normalized spacial score (nSPS) is 12.9. The van der Waals surface area contributed by atoms with Gasteiger partial charge < -0.3 is 15.2 Å². The van der Waals surface area contributed by atoms with E-state index in [-0.39, 0.29) is 5.97 Å². The van der Waals surface area contributed by atoms with E-state index in [0.29, 0.717) is 11.4 Å². The third kappa shape index (κ3) is 4.76. The standard InChI is InChI=1S/C13H19NO3/c1-9(12(15)17-13(2,3)4)16-11-7-5-6-10(14)8-11/h5-9H,14H2,1-4H3. The fraction of sp³-hybridized carbons (Fsp3) is 0.462. The zero-order valence-electron chi connectivity index (χ0n) is 10.7. The first-order chi connectivity index (χ1) is 7.78. The van der Waals surface area contributed by atoms with Crippen LogP contribution >= 0.6 is 0 Å². The molecule has 0 saturated carbocycles. The molecule has 2 N–H and O–H groups in total. The maximum absolute atomic E-state index is 11.7. The summed E-state index contributed by atoms with van der Waals surface area (Å²) in [5.41, 5.74) is 5.70. The largest absolute Gasteiger partial charge is 0.479 e. The minimum absolute atomic E-state index is 0.389. The molecule has 1 aromatic carbocycles. The van der Waals surface area contributed by atoms with Gasteiger partial charge in [-0.1, -0.05) is 6.07 Å². The molecule has 1 atom stereocenters. The highest BCUT2D eigenvalue weighted by molar-refractivity contribution is 5.75. The second-order valence-corrected chi connectivity index (χ2v) is 4.87. The maximum atomic E-state index is 11.7. The van der Waals surface area contributed by atoms with Crippen LogP contribution < -0.4 is 10.5 Å². The first-order valence-electron chi connectivity index (χ1n) is 5.53. The maximum Gasteiger partial charge on any atom is 0.347 e. The van der Waals surface area contributed by atoms with Crippen LogP contribution in [0.2, 0.25) is 0 Å². The average molecular weight is 237 g/mol. The second-order valence-electron chi connectivity index (χ2n) is 4.87. The topological polar surface area (TPSA) is 61.5 Å². The molecule has 0 heterocycles. The van der Waals surface area contributed by atoms with E-state index in [1.807, 2.05) is 20.8 Å². The molecule has 1 unspecified atom stereocenters. The summed E-state index contributed by atoms with van der Waals surface area (Å²) >= 11 is 0. The van der Waals surface area contributed by atoms with Crippen molar-refractivity contribution in [2.24, 2.45) is 0 Å². The van der Waals surface area contributed by atoms with Gasteiger partial charge in [0.2, 0.25) is 0 Å². The van der Waals surface area contributed by atoms with Gasteiger partial charge in [-0.25, -0.2) is 4.79 Å². The van der Waals surface area contributed by atoms with Crippen LogP contribution in [0, 0.1) is 0 Å². The minimum atomic E-state index is -0.656. The molecule has 0 aliphatic heterocycles. The Hall–Kier alpha value is -1.71. The number of nitrogen functional groups attached to an aromatic ring is 1. The van der Waals surface area contributed by atoms with Crippen molar-refractivity contribution in [1.82, 2.24) is 0 Å². The molecule has 1 aromatic rings. The number of carbonyl (C=O) groups is 1. The van der Waals surface area contributed by atoms with Gasteiger partial charge in [0.05, 0.1) is 0 Å². The van der Waals surface area contributed by atoms with Crippen molar-refractivity contribution in [3.8, 4) is 5.75 Å². The van der Waals surface area contributed by atoms with E-state index in [1.165, 1.54) is 0 Å². The second kappa shape index (κ2) is 5.08. The fourth-order valence-corrected chi connectivity index (χ4v) is 1.22. The van der Waals surface area contributed by atoms with E-state index >= 15 is 0 Å². The molecule has 0 saturated heterocycles. The summed E-state index contributed by atoms with van der Waals surface area (Å²) in [4.78, 5) is 11.7. The number of anilines is 1. The Morgan fingerprint density at radius 3 is 2.53 bits per heavy atom. The van der Waals surface area contributed by atoms with Crippen molar-refractivity contribution in [1.29, 1.82) is 0 Å². The van der Waals surface area contributed by atoms with Crippen LogP contribution in [0.15, 0.2) is 24.3 Å². The van der Waals surface area contributed by atoms with E-state index < -0.39 is 11.7 Å². The number of nitrogens with two attached hydrogens (primary N) is 1. The molecular weight excluding hydrogens is 218 g/mol. The summed E-state index contributed by atoms with van der Waals surface area (Å²) in [6.45, 7) is 7.10. The number of rotatable bonds is 3. The van der Waals surface area contributed by atoms with E-state index in [2.05, 4.69) is 0 Å². The Morgan fingerprint density at radius 2 is 2.00 bits per heavy atom. The van der Waals surface area contributed by atoms with Gasteiger partial charge in [0.1, 0.15) is 11.4 Å². The molecular formula is C13H19NO3. The van der Waals surface area contributed by atoms with E-state index in [1.54, 1.807) is 31.2 Å². The molecule has 4 nitrogen and oxygen atoms in total. The molecule has 17 heavy (non-hydrogen) atoms. The van der Waals surface area contributed by atoms with Crippen molar-refractivity contribution < 1.29 is 14.3 Å². The highest BCUT2D eigenvalue weighted by Gasteiger charge is 2.22. The van der Waals surface area contributed by atoms with Crippen LogP contribution in [0.1, 0.15) is 27.7 Å². The predicted octanol–water partition coefficient (Wildman–Crippen LogP) is 2.38. The number of carbonyl (C=O) groups excluding carboxylic acids is 1. The van der Waals surface area contributed by atoms with Gasteiger partial charge in [-0.05, 0) is 39.8 Å². The van der Waals surface area contributed by atoms with Gasteiger partial charge in [0, 0.05) is 11.8 Å². The molecule has 0 spiro atoms. The lowest BCUT2D eigenvalue weighted by Crippen LogP contribution is -2.33. The van der Waals surface area contributed by atoms with Crippen LogP contribution in [0.3, 0.4) is 0 Å². The summed E-state index contributed by atoms with van der Waals surface area (Å²) in [6.07, 6.45) is -0.656. The third-order valence-corrected chi connectivity index (χ3v) is 1.91. The molecule has 1 rings (SSSR count). The molecule has 0 fully saturated rings. The Kier molecular flexibility index (Phi) is 3.99. The monoisotopic (exact) mass is 237 g/mol. The lowest BCUT2D eigenvalue weighted by molar-refractivity contribution is -0.162. The third-order valence-electron chi connectivity index (χ3n) is 1.91. The van der Waals surface area contributed by atoms with E-state index in [9.17, 15) is 4.79 Å². The number of esters is 1. The first kappa shape index (κ1) is 13.4. The highest BCUT2D eigenvalue weighted by atomic mass is 16.6. The average Bonchev–Trinajstić information content (AvgIpc) is 2.14. The van der Waals surface area contributed by atoms with Gasteiger partial charge >= 0.3 is 5.97 Å². The summed E-state index contributed by atoms with van der Waals surface area (Å²) in [5, 5.41) is 0. The molecule has 0 bridgehead atoms. The lowest BCUT2D eigenvalue weighted by atomic mass is 10.2. The fourth-order valence-electron chi connectivity index (χ4n) is 1.22. The van der Waals surface area contributed by atoms with Crippen LogP contribution in [0.4, 0.5) is 5.69 Å². The number of hydrogen-bond donors (Lipinski definition) is 1.